The van der Waals surface area contributed by atoms with Gasteiger partial charge in [-0.1, -0.05) is 29.3 Å². The summed E-state index contributed by atoms with van der Waals surface area (Å²) in [5, 5.41) is 11.7. The van der Waals surface area contributed by atoms with Crippen LogP contribution in [-0.4, -0.2) is 90.1 Å². The fraction of sp³-hybridized carbons (Fsp3) is 0.562. The average molecular weight is 674 g/mol. The number of amides is 2. The zero-order valence-corrected chi connectivity index (χ0v) is 28.1. The number of aromatic nitrogens is 1. The number of nitrogens with one attached hydrogen (secondary N) is 1. The summed E-state index contributed by atoms with van der Waals surface area (Å²) in [7, 11) is -4.03. The highest BCUT2D eigenvalue weighted by atomic mass is 35.5. The molecule has 3 heterocycles. The molecule has 13 heteroatoms. The second-order valence-corrected chi connectivity index (χ2v) is 16.8. The summed E-state index contributed by atoms with van der Waals surface area (Å²) in [5.74, 6) is -0.830. The Labute approximate surface area is 274 Å². The van der Waals surface area contributed by atoms with Crippen LogP contribution in [0.4, 0.5) is 5.69 Å². The molecule has 4 aliphatic rings. The summed E-state index contributed by atoms with van der Waals surface area (Å²) in [6.45, 7) is 9.78. The Morgan fingerprint density at radius 1 is 1.04 bits per heavy atom. The number of nitriles is 1. The maximum absolute atomic E-state index is 14.2. The monoisotopic (exact) mass is 672 g/mol. The van der Waals surface area contributed by atoms with Crippen molar-refractivity contribution in [3.63, 3.8) is 0 Å². The number of carbonyl (C=O) groups excluding carboxylic acids is 2. The lowest BCUT2D eigenvalue weighted by Gasteiger charge is -2.43. The highest BCUT2D eigenvalue weighted by molar-refractivity contribution is 7.92. The van der Waals surface area contributed by atoms with Crippen molar-refractivity contribution in [1.82, 2.24) is 20.1 Å². The van der Waals surface area contributed by atoms with Crippen molar-refractivity contribution in [3.8, 4) is 6.07 Å². The van der Waals surface area contributed by atoms with Crippen molar-refractivity contribution >= 4 is 50.5 Å². The number of halogens is 2. The smallest absolute Gasteiger partial charge is 0.244 e. The van der Waals surface area contributed by atoms with Crippen molar-refractivity contribution in [2.45, 2.75) is 85.6 Å². The van der Waals surface area contributed by atoms with Crippen LogP contribution in [0.25, 0.3) is 0 Å². The third-order valence-electron chi connectivity index (χ3n) is 9.85. The molecule has 6 rings (SSSR count). The van der Waals surface area contributed by atoms with Crippen LogP contribution in [-0.2, 0) is 24.8 Å². The van der Waals surface area contributed by atoms with E-state index in [1.807, 2.05) is 0 Å². The van der Waals surface area contributed by atoms with Crippen molar-refractivity contribution in [3.05, 3.63) is 52.3 Å². The Morgan fingerprint density at radius 2 is 1.73 bits per heavy atom. The Hall–Kier alpha value is -2.91. The Bertz CT molecular complexity index is 1650. The van der Waals surface area contributed by atoms with Crippen LogP contribution in [0.15, 0.2) is 41.4 Å². The molecule has 2 saturated carbocycles. The van der Waals surface area contributed by atoms with Gasteiger partial charge in [0.15, 0.2) is 9.84 Å². The van der Waals surface area contributed by atoms with E-state index >= 15 is 0 Å². The Morgan fingerprint density at radius 3 is 2.27 bits per heavy atom. The number of likely N-dealkylation sites (tertiary alicyclic amines) is 1. The van der Waals surface area contributed by atoms with Gasteiger partial charge in [0.2, 0.25) is 11.8 Å². The van der Waals surface area contributed by atoms with E-state index < -0.39 is 38.0 Å². The molecule has 2 saturated heterocycles. The maximum atomic E-state index is 14.2. The van der Waals surface area contributed by atoms with E-state index in [2.05, 4.69) is 46.9 Å². The van der Waals surface area contributed by atoms with Crippen LogP contribution in [0.3, 0.4) is 0 Å². The largest absolute Gasteiger partial charge is 0.369 e. The number of sulfone groups is 1. The number of nitrogens with zero attached hydrogens (tertiary/aromatic N) is 5. The predicted octanol–water partition coefficient (Wildman–Crippen LogP) is 3.96. The van der Waals surface area contributed by atoms with Gasteiger partial charge in [0, 0.05) is 50.1 Å². The lowest BCUT2D eigenvalue weighted by Crippen LogP contribution is -2.53. The molecular formula is C32H38Cl2N6O4S. The number of hydrogen-bond donors (Lipinski definition) is 1. The fourth-order valence-electron chi connectivity index (χ4n) is 6.62. The van der Waals surface area contributed by atoms with Gasteiger partial charge in [-0.25, -0.2) is 13.4 Å². The molecule has 10 nitrogen and oxygen atoms in total. The summed E-state index contributed by atoms with van der Waals surface area (Å²) in [6, 6.07) is 9.48. The molecule has 1 aromatic carbocycles. The Kier molecular flexibility index (Phi) is 8.12. The van der Waals surface area contributed by atoms with Crippen molar-refractivity contribution in [2.75, 3.05) is 37.6 Å². The minimum absolute atomic E-state index is 0.0153. The first kappa shape index (κ1) is 32.0. The molecule has 2 atom stereocenters. The first-order valence-electron chi connectivity index (χ1n) is 15.4. The molecule has 2 aromatic rings. The molecule has 1 aromatic heterocycles. The second-order valence-electron chi connectivity index (χ2n) is 13.8. The van der Waals surface area contributed by atoms with Gasteiger partial charge in [0.1, 0.15) is 16.7 Å². The van der Waals surface area contributed by atoms with Gasteiger partial charge >= 0.3 is 0 Å². The predicted molar refractivity (Wildman–Crippen MR) is 172 cm³/mol. The topological polar surface area (TPSA) is 127 Å². The molecule has 0 spiro atoms. The quantitative estimate of drug-likeness (QED) is 0.438. The summed E-state index contributed by atoms with van der Waals surface area (Å²) in [6.07, 6.45) is 3.61. The maximum Gasteiger partial charge on any atom is 0.244 e. The SMILES string of the molecule is CC(C)(C)N1CCN(c2ccc(S(=O)(=O)C3CC(C(=O)NC4(C#N)CC4)N(C(=O)C4(c5ccc(Cl)nc5)CC4)C3)c(Cl)c2)CC1. The lowest BCUT2D eigenvalue weighted by molar-refractivity contribution is -0.140. The third kappa shape index (κ3) is 6.02. The van der Waals surface area contributed by atoms with Crippen molar-refractivity contribution in [2.24, 2.45) is 0 Å². The van der Waals surface area contributed by atoms with Crippen LogP contribution < -0.4 is 10.2 Å². The van der Waals surface area contributed by atoms with Gasteiger partial charge in [-0.05, 0) is 82.7 Å². The number of anilines is 1. The van der Waals surface area contributed by atoms with Crippen LogP contribution in [0.2, 0.25) is 10.2 Å². The summed E-state index contributed by atoms with van der Waals surface area (Å²) >= 11 is 12.7. The van der Waals surface area contributed by atoms with E-state index in [4.69, 9.17) is 23.2 Å². The number of hydrogen-bond acceptors (Lipinski definition) is 8. The number of carbonyl (C=O) groups is 2. The first-order valence-corrected chi connectivity index (χ1v) is 17.7. The number of piperazine rings is 1. The molecule has 2 aliphatic heterocycles. The average Bonchev–Trinajstić information content (AvgIpc) is 3.93. The number of benzene rings is 1. The van der Waals surface area contributed by atoms with E-state index in [1.54, 1.807) is 36.5 Å². The van der Waals surface area contributed by atoms with Crippen molar-refractivity contribution in [1.29, 1.82) is 5.26 Å². The molecule has 240 valence electrons. The minimum Gasteiger partial charge on any atom is -0.369 e. The van der Waals surface area contributed by atoms with Crippen LogP contribution in [0, 0.1) is 11.3 Å². The van der Waals surface area contributed by atoms with Gasteiger partial charge in [0.05, 0.1) is 26.7 Å². The van der Waals surface area contributed by atoms with Gasteiger partial charge in [0.25, 0.3) is 0 Å². The third-order valence-corrected chi connectivity index (χ3v) is 12.7. The molecule has 1 N–H and O–H groups in total. The highest BCUT2D eigenvalue weighted by Gasteiger charge is 2.58. The Balaban J connectivity index is 1.25. The molecule has 4 fully saturated rings. The molecule has 2 amide bonds. The molecule has 45 heavy (non-hydrogen) atoms. The van der Waals surface area contributed by atoms with Crippen molar-refractivity contribution < 1.29 is 18.0 Å². The zero-order valence-electron chi connectivity index (χ0n) is 25.7. The van der Waals surface area contributed by atoms with Crippen LogP contribution in [0.5, 0.6) is 0 Å². The second kappa shape index (κ2) is 11.4. The van der Waals surface area contributed by atoms with Gasteiger partial charge in [-0.15, -0.1) is 0 Å². The molecule has 0 bridgehead atoms. The van der Waals surface area contributed by atoms with E-state index in [0.717, 1.165) is 31.9 Å². The normalized spacial score (nSPS) is 24.2. The first-order chi connectivity index (χ1) is 21.2. The number of pyridine rings is 1. The lowest BCUT2D eigenvalue weighted by atomic mass is 9.95. The van der Waals surface area contributed by atoms with Gasteiger partial charge in [-0.3, -0.25) is 14.5 Å². The van der Waals surface area contributed by atoms with Crippen LogP contribution in [0.1, 0.15) is 58.4 Å². The standard InChI is InChI=1S/C32H38Cl2N6O4S/c1-30(2,3)39-14-12-38(13-15-39)22-5-6-26(24(33)16-22)45(43,44)23-17-25(28(41)37-31(20-35)8-9-31)40(19-23)29(42)32(10-11-32)21-4-7-27(34)36-18-21/h4-7,16,18,23,25H,8-15,17,19H2,1-3H3,(H,37,41). The van der Waals surface area contributed by atoms with E-state index in [1.165, 1.54) is 4.90 Å². The summed E-state index contributed by atoms with van der Waals surface area (Å²) in [4.78, 5) is 37.9. The molecule has 0 radical (unpaired) electrons. The van der Waals surface area contributed by atoms with Gasteiger partial charge < -0.3 is 15.1 Å². The number of rotatable bonds is 7. The fourth-order valence-corrected chi connectivity index (χ4v) is 8.97. The van der Waals surface area contributed by atoms with Crippen LogP contribution >= 0.6 is 23.2 Å². The summed E-state index contributed by atoms with van der Waals surface area (Å²) in [5.41, 5.74) is -0.243. The zero-order chi connectivity index (χ0) is 32.4. The molecular weight excluding hydrogens is 635 g/mol. The highest BCUT2D eigenvalue weighted by Crippen LogP contribution is 2.51. The van der Waals surface area contributed by atoms with E-state index in [-0.39, 0.29) is 34.3 Å². The van der Waals surface area contributed by atoms with E-state index in [9.17, 15) is 23.3 Å². The van der Waals surface area contributed by atoms with Gasteiger partial charge in [-0.2, -0.15) is 5.26 Å². The van der Waals surface area contributed by atoms with E-state index in [0.29, 0.717) is 36.4 Å². The summed E-state index contributed by atoms with van der Waals surface area (Å²) < 4.78 is 28.2. The molecule has 2 unspecified atom stereocenters. The molecule has 2 aliphatic carbocycles. The minimum atomic E-state index is -4.03.